The molecule has 406 valence electrons. The van der Waals surface area contributed by atoms with Crippen molar-refractivity contribution in [2.24, 2.45) is 0 Å². The van der Waals surface area contributed by atoms with Gasteiger partial charge in [-0.05, 0) is 64.9 Å². The molecular weight excluding hydrogens is 1020 g/mol. The first-order valence-corrected chi connectivity index (χ1v) is 24.8. The number of benzene rings is 6. The summed E-state index contributed by atoms with van der Waals surface area (Å²) in [7, 11) is 0. The van der Waals surface area contributed by atoms with Crippen molar-refractivity contribution in [2.45, 2.75) is 45.3 Å². The van der Waals surface area contributed by atoms with Gasteiger partial charge in [0.15, 0.2) is 0 Å². The second-order valence-corrected chi connectivity index (χ2v) is 18.4. The van der Waals surface area contributed by atoms with E-state index in [1.54, 1.807) is 78.9 Å². The van der Waals surface area contributed by atoms with E-state index in [0.717, 1.165) is 21.1 Å². The zero-order chi connectivity index (χ0) is 56.9. The Morgan fingerprint density at radius 2 is 0.937 bits per heavy atom. The van der Waals surface area contributed by atoms with Crippen molar-refractivity contribution in [1.82, 2.24) is 26.6 Å². The molecule has 0 spiro atoms. The summed E-state index contributed by atoms with van der Waals surface area (Å²) in [5.41, 5.74) is 1.84. The molecule has 22 heteroatoms. The van der Waals surface area contributed by atoms with Crippen LogP contribution in [0, 0.1) is 0 Å². The zero-order valence-corrected chi connectivity index (χ0v) is 43.1. The molecule has 0 unspecified atom stereocenters. The monoisotopic (exact) mass is 1070 g/mol. The van der Waals surface area contributed by atoms with E-state index in [4.69, 9.17) is 5.11 Å². The standard InChI is InChI=1S/C30H29N5O8.C27H26N4O5/c1-18(37)31-14-27(39)34-15-23(33-29(42)22-10-6-8-19-7-2-3-9-21(19)22)30(43)35(25-12-5-4-11-24(25)34)16-26(38)32-20(17-36)13-28(40)41;1-17(32)15-31-24-13-6-5-12-23(24)30(25(34)14-28-18(2)33)16-22(27(31)36)29-26(35)21-11-7-9-19-8-3-4-10-20(19)21/h2-12,17,20,23H,13-16H2,1H3,(H,31,37)(H,32,38)(H,33,42)(H,40,41);3-13,22H,14-16H2,1-2H3,(H,28,33)(H,29,35)/t20-,23-;22-/m00/s1. The maximum atomic E-state index is 14.0. The summed E-state index contributed by atoms with van der Waals surface area (Å²) in [6.45, 7) is 1.89. The summed E-state index contributed by atoms with van der Waals surface area (Å²) in [6, 6.07) is 34.2. The number of amides is 9. The molecule has 6 aromatic rings. The number of aliphatic carboxylic acids is 1. The summed E-state index contributed by atoms with van der Waals surface area (Å²) >= 11 is 0. The first kappa shape index (κ1) is 56.6. The number of ketones is 1. The maximum absolute atomic E-state index is 14.0. The minimum absolute atomic E-state index is 0.154. The van der Waals surface area contributed by atoms with Gasteiger partial charge in [0, 0.05) is 25.0 Å². The second kappa shape index (κ2) is 25.6. The molecule has 0 saturated carbocycles. The van der Waals surface area contributed by atoms with Gasteiger partial charge in [-0.1, -0.05) is 97.1 Å². The van der Waals surface area contributed by atoms with Crippen LogP contribution in [0.3, 0.4) is 0 Å². The van der Waals surface area contributed by atoms with Crippen molar-refractivity contribution >= 4 is 115 Å². The van der Waals surface area contributed by atoms with Gasteiger partial charge in [0.1, 0.15) is 30.7 Å². The number of fused-ring (bicyclic) bond motifs is 4. The number of nitrogens with zero attached hydrogens (tertiary/aromatic N) is 4. The summed E-state index contributed by atoms with van der Waals surface area (Å²) in [5, 5.41) is 24.7. The summed E-state index contributed by atoms with van der Waals surface area (Å²) in [6.07, 6.45) is -0.380. The molecule has 6 N–H and O–H groups in total. The Bertz CT molecular complexity index is 3410. The minimum Gasteiger partial charge on any atom is -0.481 e. The van der Waals surface area contributed by atoms with E-state index in [0.29, 0.717) is 22.3 Å². The SMILES string of the molecule is CC(=O)CN1C(=O)[C@@H](NC(=O)c2cccc3ccccc23)CN(C(=O)CNC(C)=O)c2ccccc21.CC(=O)NCC(=O)N1C[C@H](NC(=O)c2cccc3ccccc23)C(=O)N(CC(=O)N[C@H](C=O)CC(=O)O)c2ccccc21. The molecule has 8 rings (SSSR count). The molecule has 2 aliphatic rings. The lowest BCUT2D eigenvalue weighted by atomic mass is 10.0. The van der Waals surface area contributed by atoms with E-state index in [2.05, 4.69) is 26.6 Å². The Hall–Kier alpha value is -10.1. The third-order valence-electron chi connectivity index (χ3n) is 12.6. The quantitative estimate of drug-likeness (QED) is 0.0761. The predicted molar refractivity (Wildman–Crippen MR) is 291 cm³/mol. The highest BCUT2D eigenvalue weighted by Gasteiger charge is 2.40. The Labute approximate surface area is 452 Å². The molecule has 3 atom stereocenters. The second-order valence-electron chi connectivity index (χ2n) is 18.4. The van der Waals surface area contributed by atoms with Crippen molar-refractivity contribution in [2.75, 3.05) is 58.9 Å². The van der Waals surface area contributed by atoms with Crippen LogP contribution in [0.25, 0.3) is 21.5 Å². The molecule has 0 saturated heterocycles. The predicted octanol–water partition coefficient (Wildman–Crippen LogP) is 2.66. The number of aldehydes is 1. The number of hydrogen-bond donors (Lipinski definition) is 6. The maximum Gasteiger partial charge on any atom is 0.305 e. The van der Waals surface area contributed by atoms with E-state index >= 15 is 0 Å². The Morgan fingerprint density at radius 1 is 0.544 bits per heavy atom. The number of anilines is 4. The zero-order valence-electron chi connectivity index (χ0n) is 43.1. The van der Waals surface area contributed by atoms with Gasteiger partial charge >= 0.3 is 5.97 Å². The number of carbonyl (C=O) groups excluding carboxylic acids is 11. The number of Topliss-reactive ketones (excluding diaryl/α,β-unsaturated/α-hetero) is 1. The number of rotatable bonds is 16. The van der Waals surface area contributed by atoms with E-state index in [9.17, 15) is 57.5 Å². The van der Waals surface area contributed by atoms with Gasteiger partial charge in [-0.25, -0.2) is 0 Å². The smallest absolute Gasteiger partial charge is 0.305 e. The highest BCUT2D eigenvalue weighted by Crippen LogP contribution is 2.35. The van der Waals surface area contributed by atoms with Crippen LogP contribution in [0.2, 0.25) is 0 Å². The molecule has 9 amide bonds. The van der Waals surface area contributed by atoms with Crippen LogP contribution in [0.15, 0.2) is 133 Å². The van der Waals surface area contributed by atoms with Crippen LogP contribution in [-0.4, -0.2) is 134 Å². The minimum atomic E-state index is -1.34. The molecule has 2 heterocycles. The van der Waals surface area contributed by atoms with Crippen molar-refractivity contribution < 1.29 is 62.6 Å². The van der Waals surface area contributed by atoms with Gasteiger partial charge in [0.05, 0.1) is 67.9 Å². The third kappa shape index (κ3) is 13.8. The van der Waals surface area contributed by atoms with Gasteiger partial charge < -0.3 is 51.2 Å². The fourth-order valence-electron chi connectivity index (χ4n) is 9.04. The van der Waals surface area contributed by atoms with Gasteiger partial charge in [-0.2, -0.15) is 0 Å². The number of carboxylic acids is 1. The highest BCUT2D eigenvalue weighted by molar-refractivity contribution is 6.15. The molecule has 79 heavy (non-hydrogen) atoms. The molecule has 0 aliphatic carbocycles. The average molecular weight is 1070 g/mol. The fourth-order valence-corrected chi connectivity index (χ4v) is 9.04. The summed E-state index contributed by atoms with van der Waals surface area (Å²) < 4.78 is 0. The first-order valence-electron chi connectivity index (χ1n) is 24.8. The van der Waals surface area contributed by atoms with Crippen LogP contribution in [0.5, 0.6) is 0 Å². The highest BCUT2D eigenvalue weighted by atomic mass is 16.4. The van der Waals surface area contributed by atoms with Crippen molar-refractivity contribution in [1.29, 1.82) is 0 Å². The number of para-hydroxylation sites is 4. The van der Waals surface area contributed by atoms with Crippen LogP contribution < -0.4 is 46.2 Å². The Morgan fingerprint density at radius 3 is 1.34 bits per heavy atom. The molecule has 2 aliphatic heterocycles. The number of carboxylic acid groups (broad SMARTS) is 1. The molecule has 0 radical (unpaired) electrons. The van der Waals surface area contributed by atoms with Crippen LogP contribution in [0.1, 0.15) is 47.9 Å². The summed E-state index contributed by atoms with van der Waals surface area (Å²) in [5.74, 6) is -6.57. The topological polar surface area (TPSA) is 298 Å². The summed E-state index contributed by atoms with van der Waals surface area (Å²) in [4.78, 5) is 156. The number of carbonyl (C=O) groups is 12. The van der Waals surface area contributed by atoms with Crippen molar-refractivity contribution in [3.05, 3.63) is 145 Å². The van der Waals surface area contributed by atoms with Crippen LogP contribution >= 0.6 is 0 Å². The third-order valence-corrected chi connectivity index (χ3v) is 12.6. The van der Waals surface area contributed by atoms with E-state index in [1.165, 1.54) is 41.5 Å². The lowest BCUT2D eigenvalue weighted by Gasteiger charge is -2.25. The molecule has 6 aromatic carbocycles. The number of hydrogen-bond acceptors (Lipinski definition) is 12. The van der Waals surface area contributed by atoms with E-state index in [1.807, 2.05) is 48.5 Å². The first-order chi connectivity index (χ1) is 37.8. The van der Waals surface area contributed by atoms with Crippen molar-refractivity contribution in [3.63, 3.8) is 0 Å². The molecule has 0 aromatic heterocycles. The van der Waals surface area contributed by atoms with Gasteiger partial charge in [0.25, 0.3) is 23.6 Å². The Balaban J connectivity index is 0.000000232. The van der Waals surface area contributed by atoms with E-state index < -0.39 is 90.9 Å². The molecule has 0 bridgehead atoms. The lowest BCUT2D eigenvalue weighted by molar-refractivity contribution is -0.139. The van der Waals surface area contributed by atoms with Crippen molar-refractivity contribution in [3.8, 4) is 0 Å². The van der Waals surface area contributed by atoms with E-state index in [-0.39, 0.29) is 61.1 Å². The molecule has 22 nitrogen and oxygen atoms in total. The average Bonchev–Trinajstić information content (AvgIpc) is 3.63. The fraction of sp³-hybridized carbons (Fsp3) is 0.228. The number of nitrogens with one attached hydrogen (secondary N) is 5. The van der Waals surface area contributed by atoms with Crippen LogP contribution in [-0.2, 0) is 47.9 Å². The van der Waals surface area contributed by atoms with Gasteiger partial charge in [-0.15, -0.1) is 0 Å². The largest absolute Gasteiger partial charge is 0.481 e. The van der Waals surface area contributed by atoms with Gasteiger partial charge in [0.2, 0.25) is 29.5 Å². The Kier molecular flexibility index (Phi) is 18.4. The lowest BCUT2D eigenvalue weighted by Crippen LogP contribution is -2.55. The molecule has 0 fully saturated rings. The normalized spacial score (nSPS) is 15.1. The molecular formula is C57H55N9O13. The van der Waals surface area contributed by atoms with Gasteiger partial charge in [-0.3, -0.25) is 57.6 Å². The van der Waals surface area contributed by atoms with Crippen LogP contribution in [0.4, 0.5) is 22.7 Å².